The Morgan fingerprint density at radius 2 is 2.32 bits per heavy atom. The van der Waals surface area contributed by atoms with Gasteiger partial charge in [0, 0.05) is 24.6 Å². The number of likely N-dealkylation sites (tertiary alicyclic amines) is 1. The molecule has 136 valence electrons. The molecule has 0 bridgehead atoms. The summed E-state index contributed by atoms with van der Waals surface area (Å²) in [6.45, 7) is 8.89. The fraction of sp³-hybridized carbons (Fsp3) is 0.611. The number of carbonyl (C=O) groups is 1. The van der Waals surface area contributed by atoms with E-state index >= 15 is 0 Å². The zero-order chi connectivity index (χ0) is 18.0. The SMILES string of the molecule is CCn1cnnc1[C@H]1CCCN([C@H](C)c2cc(C)c(C(=O)OC)o2)C1. The highest BCUT2D eigenvalue weighted by Gasteiger charge is 2.30. The molecule has 3 rings (SSSR count). The van der Waals surface area contributed by atoms with Crippen LogP contribution in [0, 0.1) is 6.92 Å². The molecule has 2 atom stereocenters. The number of nitrogens with zero attached hydrogens (tertiary/aromatic N) is 4. The molecule has 0 radical (unpaired) electrons. The minimum absolute atomic E-state index is 0.0953. The Kier molecular flexibility index (Phi) is 5.22. The van der Waals surface area contributed by atoms with Gasteiger partial charge in [-0.05, 0) is 46.2 Å². The van der Waals surface area contributed by atoms with Gasteiger partial charge < -0.3 is 13.7 Å². The van der Waals surface area contributed by atoms with E-state index in [0.29, 0.717) is 11.7 Å². The predicted molar refractivity (Wildman–Crippen MR) is 92.4 cm³/mol. The van der Waals surface area contributed by atoms with Gasteiger partial charge in [-0.2, -0.15) is 0 Å². The van der Waals surface area contributed by atoms with E-state index in [1.54, 1.807) is 6.33 Å². The number of aromatic nitrogens is 3. The average molecular weight is 346 g/mol. The van der Waals surface area contributed by atoms with Crippen LogP contribution >= 0.6 is 0 Å². The van der Waals surface area contributed by atoms with Gasteiger partial charge in [0.1, 0.15) is 17.9 Å². The Morgan fingerprint density at radius 1 is 1.52 bits per heavy atom. The first-order chi connectivity index (χ1) is 12.0. The zero-order valence-corrected chi connectivity index (χ0v) is 15.4. The quantitative estimate of drug-likeness (QED) is 0.775. The molecule has 0 spiro atoms. The van der Waals surface area contributed by atoms with Gasteiger partial charge in [-0.1, -0.05) is 0 Å². The lowest BCUT2D eigenvalue weighted by molar-refractivity contribution is 0.0555. The van der Waals surface area contributed by atoms with Crippen LogP contribution in [0.15, 0.2) is 16.8 Å². The van der Waals surface area contributed by atoms with Crippen molar-refractivity contribution >= 4 is 5.97 Å². The van der Waals surface area contributed by atoms with Gasteiger partial charge >= 0.3 is 5.97 Å². The van der Waals surface area contributed by atoms with Crippen molar-refractivity contribution in [2.24, 2.45) is 0 Å². The monoisotopic (exact) mass is 346 g/mol. The number of hydrogen-bond donors (Lipinski definition) is 0. The summed E-state index contributed by atoms with van der Waals surface area (Å²) in [5, 5.41) is 8.40. The fourth-order valence-corrected chi connectivity index (χ4v) is 3.58. The van der Waals surface area contributed by atoms with E-state index in [-0.39, 0.29) is 6.04 Å². The van der Waals surface area contributed by atoms with E-state index in [2.05, 4.69) is 33.5 Å². The highest BCUT2D eigenvalue weighted by atomic mass is 16.5. The number of rotatable bonds is 5. The topological polar surface area (TPSA) is 73.4 Å². The summed E-state index contributed by atoms with van der Waals surface area (Å²) in [7, 11) is 1.37. The average Bonchev–Trinajstić information content (AvgIpc) is 3.27. The summed E-state index contributed by atoms with van der Waals surface area (Å²) in [6.07, 6.45) is 4.03. The van der Waals surface area contributed by atoms with Crippen molar-refractivity contribution in [1.29, 1.82) is 0 Å². The summed E-state index contributed by atoms with van der Waals surface area (Å²) in [4.78, 5) is 14.2. The molecule has 0 aliphatic carbocycles. The molecule has 1 aliphatic heterocycles. The predicted octanol–water partition coefficient (Wildman–Crippen LogP) is 2.93. The van der Waals surface area contributed by atoms with Crippen LogP contribution in [0.25, 0.3) is 0 Å². The van der Waals surface area contributed by atoms with Crippen molar-refractivity contribution in [2.75, 3.05) is 20.2 Å². The molecule has 2 aromatic heterocycles. The number of furan rings is 1. The zero-order valence-electron chi connectivity index (χ0n) is 15.4. The van der Waals surface area contributed by atoms with E-state index in [9.17, 15) is 4.79 Å². The van der Waals surface area contributed by atoms with Crippen molar-refractivity contribution < 1.29 is 13.9 Å². The lowest BCUT2D eigenvalue weighted by atomic mass is 9.95. The van der Waals surface area contributed by atoms with Gasteiger partial charge in [0.05, 0.1) is 13.2 Å². The minimum Gasteiger partial charge on any atom is -0.463 e. The van der Waals surface area contributed by atoms with Crippen LogP contribution in [0.1, 0.15) is 66.4 Å². The summed E-state index contributed by atoms with van der Waals surface area (Å²) < 4.78 is 12.7. The molecule has 0 amide bonds. The van der Waals surface area contributed by atoms with E-state index in [1.807, 2.05) is 13.0 Å². The number of ether oxygens (including phenoxy) is 1. The number of piperidine rings is 1. The molecule has 2 aromatic rings. The molecule has 0 saturated carbocycles. The van der Waals surface area contributed by atoms with Gasteiger partial charge in [0.2, 0.25) is 5.76 Å². The Hall–Kier alpha value is -2.15. The largest absolute Gasteiger partial charge is 0.463 e. The third-order valence-corrected chi connectivity index (χ3v) is 5.07. The summed E-state index contributed by atoms with van der Waals surface area (Å²) >= 11 is 0. The third-order valence-electron chi connectivity index (χ3n) is 5.07. The number of hydrogen-bond acceptors (Lipinski definition) is 6. The summed E-state index contributed by atoms with van der Waals surface area (Å²) in [5.41, 5.74) is 0.813. The lowest BCUT2D eigenvalue weighted by Gasteiger charge is -2.35. The normalized spacial score (nSPS) is 19.8. The first-order valence-electron chi connectivity index (χ1n) is 8.85. The smallest absolute Gasteiger partial charge is 0.374 e. The molecule has 3 heterocycles. The van der Waals surface area contributed by atoms with Crippen LogP contribution in [0.3, 0.4) is 0 Å². The van der Waals surface area contributed by atoms with Gasteiger partial charge in [-0.15, -0.1) is 10.2 Å². The van der Waals surface area contributed by atoms with E-state index in [1.165, 1.54) is 7.11 Å². The Labute approximate surface area is 148 Å². The summed E-state index contributed by atoms with van der Waals surface area (Å²) in [6, 6.07) is 2.03. The van der Waals surface area contributed by atoms with Crippen LogP contribution in [-0.4, -0.2) is 45.8 Å². The van der Waals surface area contributed by atoms with Gasteiger partial charge in [0.15, 0.2) is 0 Å². The number of aryl methyl sites for hydroxylation is 2. The van der Waals surface area contributed by atoms with E-state index in [0.717, 1.165) is 49.6 Å². The minimum atomic E-state index is -0.427. The maximum absolute atomic E-state index is 11.8. The number of carbonyl (C=O) groups excluding carboxylic acids is 1. The second kappa shape index (κ2) is 7.39. The lowest BCUT2D eigenvalue weighted by Crippen LogP contribution is -2.37. The molecule has 1 saturated heterocycles. The molecule has 1 aliphatic rings. The Bertz CT molecular complexity index is 737. The third kappa shape index (κ3) is 3.46. The maximum Gasteiger partial charge on any atom is 0.374 e. The molecule has 0 N–H and O–H groups in total. The first kappa shape index (κ1) is 17.7. The molecular formula is C18H26N4O3. The first-order valence-corrected chi connectivity index (χ1v) is 8.85. The van der Waals surface area contributed by atoms with Crippen LogP contribution in [0.2, 0.25) is 0 Å². The van der Waals surface area contributed by atoms with Crippen LogP contribution < -0.4 is 0 Å². The van der Waals surface area contributed by atoms with Crippen molar-refractivity contribution in [1.82, 2.24) is 19.7 Å². The Balaban J connectivity index is 1.76. The molecular weight excluding hydrogens is 320 g/mol. The number of methoxy groups -OCH3 is 1. The molecule has 25 heavy (non-hydrogen) atoms. The van der Waals surface area contributed by atoms with Crippen LogP contribution in [0.4, 0.5) is 0 Å². The van der Waals surface area contributed by atoms with Crippen molar-refractivity contribution in [3.8, 4) is 0 Å². The van der Waals surface area contributed by atoms with Crippen molar-refractivity contribution in [3.63, 3.8) is 0 Å². The van der Waals surface area contributed by atoms with Gasteiger partial charge in [-0.3, -0.25) is 4.90 Å². The van der Waals surface area contributed by atoms with E-state index in [4.69, 9.17) is 9.15 Å². The Morgan fingerprint density at radius 3 is 3.04 bits per heavy atom. The number of esters is 1. The van der Waals surface area contributed by atoms with Crippen LogP contribution in [0.5, 0.6) is 0 Å². The highest BCUT2D eigenvalue weighted by molar-refractivity contribution is 5.87. The second-order valence-corrected chi connectivity index (χ2v) is 6.64. The second-order valence-electron chi connectivity index (χ2n) is 6.64. The molecule has 0 aromatic carbocycles. The molecule has 7 nitrogen and oxygen atoms in total. The fourth-order valence-electron chi connectivity index (χ4n) is 3.58. The van der Waals surface area contributed by atoms with Gasteiger partial charge in [0.25, 0.3) is 0 Å². The maximum atomic E-state index is 11.8. The van der Waals surface area contributed by atoms with E-state index < -0.39 is 5.97 Å². The van der Waals surface area contributed by atoms with Crippen LogP contribution in [-0.2, 0) is 11.3 Å². The molecule has 1 fully saturated rings. The van der Waals surface area contributed by atoms with Gasteiger partial charge in [-0.25, -0.2) is 4.79 Å². The standard InChI is InChI=1S/C18H26N4O3/c1-5-21-11-19-20-17(21)14-7-6-8-22(10-14)13(3)15-9-12(2)16(25-15)18(23)24-4/h9,11,13-14H,5-8,10H2,1-4H3/t13-,14+/m1/s1. The summed E-state index contributed by atoms with van der Waals surface area (Å²) in [5.74, 6) is 2.10. The molecule has 7 heteroatoms. The highest BCUT2D eigenvalue weighted by Crippen LogP contribution is 2.32. The van der Waals surface area contributed by atoms with Crippen molar-refractivity contribution in [2.45, 2.75) is 52.1 Å². The molecule has 0 unspecified atom stereocenters. The van der Waals surface area contributed by atoms with Crippen molar-refractivity contribution in [3.05, 3.63) is 35.3 Å².